The van der Waals surface area contributed by atoms with Gasteiger partial charge in [-0.05, 0) is 43.2 Å². The van der Waals surface area contributed by atoms with Gasteiger partial charge in [-0.15, -0.1) is 0 Å². The fourth-order valence-electron chi connectivity index (χ4n) is 4.48. The van der Waals surface area contributed by atoms with Crippen LogP contribution in [-0.4, -0.2) is 51.6 Å². The summed E-state index contributed by atoms with van der Waals surface area (Å²) in [6.45, 7) is 7.66. The van der Waals surface area contributed by atoms with Crippen molar-refractivity contribution in [1.82, 2.24) is 19.7 Å². The predicted molar refractivity (Wildman–Crippen MR) is 113 cm³/mol. The number of ketones is 1. The van der Waals surface area contributed by atoms with Crippen molar-refractivity contribution in [3.8, 4) is 5.82 Å². The van der Waals surface area contributed by atoms with Crippen LogP contribution in [0.15, 0.2) is 18.3 Å². The summed E-state index contributed by atoms with van der Waals surface area (Å²) in [7, 11) is 1.80. The summed E-state index contributed by atoms with van der Waals surface area (Å²) >= 11 is 0. The highest BCUT2D eigenvalue weighted by atomic mass is 16.5. The Morgan fingerprint density at radius 3 is 2.77 bits per heavy atom. The molecule has 7 heteroatoms. The van der Waals surface area contributed by atoms with E-state index in [1.165, 1.54) is 0 Å². The lowest BCUT2D eigenvalue weighted by atomic mass is 9.75. The molecule has 1 aliphatic carbocycles. The first kappa shape index (κ1) is 20.7. The molecular formula is C23H30N4O3. The molecule has 2 aromatic rings. The molecule has 0 bridgehead atoms. The molecule has 1 amide bonds. The van der Waals surface area contributed by atoms with Gasteiger partial charge < -0.3 is 9.64 Å². The number of aromatic nitrogens is 3. The minimum absolute atomic E-state index is 0.0465. The van der Waals surface area contributed by atoms with Gasteiger partial charge in [0.2, 0.25) is 0 Å². The number of pyridine rings is 1. The third kappa shape index (κ3) is 3.78. The molecule has 1 fully saturated rings. The summed E-state index contributed by atoms with van der Waals surface area (Å²) in [5, 5.41) is 4.81. The zero-order valence-corrected chi connectivity index (χ0v) is 18.3. The maximum absolute atomic E-state index is 13.0. The maximum Gasteiger partial charge on any atom is 0.255 e. The average Bonchev–Trinajstić information content (AvgIpc) is 3.34. The summed E-state index contributed by atoms with van der Waals surface area (Å²) in [5.74, 6) is 0.705. The number of rotatable bonds is 5. The van der Waals surface area contributed by atoms with E-state index in [1.54, 1.807) is 28.9 Å². The molecule has 30 heavy (non-hydrogen) atoms. The van der Waals surface area contributed by atoms with Gasteiger partial charge in [0.15, 0.2) is 11.6 Å². The Hall–Kier alpha value is -2.54. The molecule has 1 saturated heterocycles. The van der Waals surface area contributed by atoms with Crippen LogP contribution in [0.4, 0.5) is 0 Å². The Bertz CT molecular complexity index is 956. The summed E-state index contributed by atoms with van der Waals surface area (Å²) < 4.78 is 7.64. The zero-order valence-electron chi connectivity index (χ0n) is 18.3. The van der Waals surface area contributed by atoms with E-state index in [0.29, 0.717) is 36.5 Å². The Morgan fingerprint density at radius 2 is 2.13 bits per heavy atom. The van der Waals surface area contributed by atoms with Crippen molar-refractivity contribution in [3.05, 3.63) is 40.8 Å². The van der Waals surface area contributed by atoms with Crippen LogP contribution < -0.4 is 0 Å². The molecule has 0 N–H and O–H groups in total. The molecule has 4 rings (SSSR count). The first-order chi connectivity index (χ1) is 14.3. The molecule has 1 aliphatic heterocycles. The van der Waals surface area contributed by atoms with Crippen LogP contribution in [-0.2, 0) is 11.2 Å². The lowest BCUT2D eigenvalue weighted by molar-refractivity contribution is 0.0794. The quantitative estimate of drug-likeness (QED) is 0.750. The lowest BCUT2D eigenvalue weighted by Crippen LogP contribution is -2.29. The van der Waals surface area contributed by atoms with Crippen LogP contribution in [0, 0.1) is 5.41 Å². The number of carbonyl (C=O) groups excluding carboxylic acids is 2. The molecular weight excluding hydrogens is 380 g/mol. The molecule has 7 nitrogen and oxygen atoms in total. The van der Waals surface area contributed by atoms with Gasteiger partial charge in [0.05, 0.1) is 16.8 Å². The van der Waals surface area contributed by atoms with Gasteiger partial charge >= 0.3 is 0 Å². The summed E-state index contributed by atoms with van der Waals surface area (Å²) in [6.07, 6.45) is 5.49. The second-order valence-electron chi connectivity index (χ2n) is 9.19. The van der Waals surface area contributed by atoms with Gasteiger partial charge in [0.25, 0.3) is 5.91 Å². The highest BCUT2D eigenvalue weighted by Crippen LogP contribution is 2.40. The first-order valence-corrected chi connectivity index (χ1v) is 10.8. The second kappa shape index (κ2) is 7.95. The summed E-state index contributed by atoms with van der Waals surface area (Å²) in [6, 6.07) is 3.60. The Morgan fingerprint density at radius 1 is 1.33 bits per heavy atom. The molecule has 0 spiro atoms. The molecule has 0 radical (unpaired) electrons. The second-order valence-corrected chi connectivity index (χ2v) is 9.19. The van der Waals surface area contributed by atoms with Crippen molar-refractivity contribution in [2.45, 2.75) is 59.0 Å². The molecule has 0 aromatic carbocycles. The van der Waals surface area contributed by atoms with Crippen LogP contribution in [0.2, 0.25) is 0 Å². The normalized spacial score (nSPS) is 20.3. The standard InChI is InChI=1S/C23H30N4O3/c1-5-10-26(4)22(29)15-8-9-19(24-14-15)27-16-12-23(2,3)13-17(28)20(16)21(25-27)18-7-6-11-30-18/h8-9,14,18H,5-7,10-13H2,1-4H3. The van der Waals surface area contributed by atoms with E-state index >= 15 is 0 Å². The maximum atomic E-state index is 13.0. The van der Waals surface area contributed by atoms with Gasteiger partial charge in [0, 0.05) is 32.8 Å². The third-order valence-electron chi connectivity index (χ3n) is 5.92. The van der Waals surface area contributed by atoms with Crippen molar-refractivity contribution in [1.29, 1.82) is 0 Å². The molecule has 160 valence electrons. The number of hydrogen-bond donors (Lipinski definition) is 0. The fourth-order valence-corrected chi connectivity index (χ4v) is 4.48. The molecule has 2 aliphatic rings. The van der Waals surface area contributed by atoms with Gasteiger partial charge in [0.1, 0.15) is 11.8 Å². The van der Waals surface area contributed by atoms with E-state index < -0.39 is 0 Å². The van der Waals surface area contributed by atoms with Crippen molar-refractivity contribution < 1.29 is 14.3 Å². The van der Waals surface area contributed by atoms with Crippen molar-refractivity contribution in [2.75, 3.05) is 20.2 Å². The predicted octanol–water partition coefficient (Wildman–Crippen LogP) is 3.76. The van der Waals surface area contributed by atoms with Crippen LogP contribution in [0.5, 0.6) is 0 Å². The van der Waals surface area contributed by atoms with Crippen LogP contribution in [0.3, 0.4) is 0 Å². The van der Waals surface area contributed by atoms with E-state index in [4.69, 9.17) is 9.84 Å². The average molecular weight is 411 g/mol. The number of carbonyl (C=O) groups is 2. The lowest BCUT2D eigenvalue weighted by Gasteiger charge is -2.29. The van der Waals surface area contributed by atoms with E-state index in [0.717, 1.165) is 37.1 Å². The van der Waals surface area contributed by atoms with E-state index in [1.807, 2.05) is 13.0 Å². The van der Waals surface area contributed by atoms with E-state index in [9.17, 15) is 9.59 Å². The van der Waals surface area contributed by atoms with Crippen molar-refractivity contribution in [2.24, 2.45) is 5.41 Å². The number of nitrogens with zero attached hydrogens (tertiary/aromatic N) is 4. The topological polar surface area (TPSA) is 77.3 Å². The van der Waals surface area contributed by atoms with Crippen LogP contribution in [0.1, 0.15) is 84.7 Å². The SMILES string of the molecule is CCCN(C)C(=O)c1ccc(-n2nc(C3CCCO3)c3c2CC(C)(C)CC3=O)nc1. The Kier molecular flexibility index (Phi) is 5.49. The molecule has 0 saturated carbocycles. The third-order valence-corrected chi connectivity index (χ3v) is 5.92. The Labute approximate surface area is 177 Å². The Balaban J connectivity index is 1.73. The summed E-state index contributed by atoms with van der Waals surface area (Å²) in [5.41, 5.74) is 2.77. The number of hydrogen-bond acceptors (Lipinski definition) is 5. The number of ether oxygens (including phenoxy) is 1. The minimum atomic E-state index is -0.131. The largest absolute Gasteiger partial charge is 0.372 e. The molecule has 1 atom stereocenters. The summed E-state index contributed by atoms with van der Waals surface area (Å²) in [4.78, 5) is 31.8. The number of amides is 1. The fraction of sp³-hybridized carbons (Fsp3) is 0.565. The van der Waals surface area contributed by atoms with Gasteiger partial charge in [-0.25, -0.2) is 9.67 Å². The molecule has 1 unspecified atom stereocenters. The van der Waals surface area contributed by atoms with Gasteiger partial charge in [-0.3, -0.25) is 9.59 Å². The number of Topliss-reactive ketones (excluding diaryl/α,β-unsaturated/α-hetero) is 1. The first-order valence-electron chi connectivity index (χ1n) is 10.8. The zero-order chi connectivity index (χ0) is 21.5. The van der Waals surface area contributed by atoms with Crippen molar-refractivity contribution in [3.63, 3.8) is 0 Å². The van der Waals surface area contributed by atoms with Crippen molar-refractivity contribution >= 4 is 11.7 Å². The highest BCUT2D eigenvalue weighted by molar-refractivity contribution is 6.00. The minimum Gasteiger partial charge on any atom is -0.372 e. The molecule has 3 heterocycles. The van der Waals surface area contributed by atoms with Crippen LogP contribution in [0.25, 0.3) is 5.82 Å². The van der Waals surface area contributed by atoms with Gasteiger partial charge in [-0.2, -0.15) is 5.10 Å². The van der Waals surface area contributed by atoms with E-state index in [2.05, 4.69) is 18.8 Å². The monoisotopic (exact) mass is 410 g/mol. The van der Waals surface area contributed by atoms with Crippen LogP contribution >= 0.6 is 0 Å². The van der Waals surface area contributed by atoms with E-state index in [-0.39, 0.29) is 23.2 Å². The number of fused-ring (bicyclic) bond motifs is 1. The highest BCUT2D eigenvalue weighted by Gasteiger charge is 2.39. The van der Waals surface area contributed by atoms with Gasteiger partial charge in [-0.1, -0.05) is 20.8 Å². The smallest absolute Gasteiger partial charge is 0.255 e. The molecule has 2 aromatic heterocycles.